The Hall–Kier alpha value is -3.89. The summed E-state index contributed by atoms with van der Waals surface area (Å²) in [4.78, 5) is 29.8. The van der Waals surface area contributed by atoms with Gasteiger partial charge in [0.2, 0.25) is 11.9 Å². The molecule has 0 spiro atoms. The Labute approximate surface area is 220 Å². The van der Waals surface area contributed by atoms with E-state index in [1.165, 1.54) is 0 Å². The number of hydrogen-bond acceptors (Lipinski definition) is 8. The Kier molecular flexibility index (Phi) is 6.86. The van der Waals surface area contributed by atoms with E-state index in [1.807, 2.05) is 52.8 Å². The minimum absolute atomic E-state index is 0.0156. The molecule has 0 unspecified atom stereocenters. The number of anilines is 3. The molecule has 1 aromatic carbocycles. The quantitative estimate of drug-likeness (QED) is 0.397. The number of benzene rings is 1. The summed E-state index contributed by atoms with van der Waals surface area (Å²) in [6, 6.07) is 9.44. The number of aryl methyl sites for hydroxylation is 1. The monoisotopic (exact) mass is 520 g/mol. The zero-order valence-corrected chi connectivity index (χ0v) is 21.7. The van der Waals surface area contributed by atoms with Crippen LogP contribution in [0.1, 0.15) is 12.5 Å². The van der Waals surface area contributed by atoms with Crippen molar-refractivity contribution in [2.45, 2.75) is 19.9 Å². The van der Waals surface area contributed by atoms with Crippen LogP contribution in [0.3, 0.4) is 0 Å². The summed E-state index contributed by atoms with van der Waals surface area (Å²) in [7, 11) is 1.62. The number of rotatable bonds is 6. The van der Waals surface area contributed by atoms with Gasteiger partial charge in [0.1, 0.15) is 17.1 Å². The van der Waals surface area contributed by atoms with Gasteiger partial charge in [0.15, 0.2) is 0 Å². The number of methoxy groups -OCH3 is 1. The molecule has 1 amide bonds. The van der Waals surface area contributed by atoms with Crippen LogP contribution in [0.4, 0.5) is 17.3 Å². The number of nitrogens with zero attached hydrogens (tertiary/aromatic N) is 6. The molecule has 0 radical (unpaired) electrons. The molecule has 1 saturated heterocycles. The SMILES string of the molecule is COc1cc(N2CCN(C(=O)[C@H](C)N)CC2)ccc1Nc1ncc(Cl)c(-c2cnc3cc(C)ccn23)n1. The number of nitrogens with two attached hydrogens (primary N) is 1. The molecule has 5 rings (SSSR count). The van der Waals surface area contributed by atoms with Crippen LogP contribution >= 0.6 is 11.6 Å². The zero-order valence-electron chi connectivity index (χ0n) is 21.0. The van der Waals surface area contributed by atoms with Gasteiger partial charge in [-0.2, -0.15) is 0 Å². The normalized spacial score (nSPS) is 14.6. The van der Waals surface area contributed by atoms with Crippen LogP contribution in [0.2, 0.25) is 5.02 Å². The highest BCUT2D eigenvalue weighted by atomic mass is 35.5. The number of hydrogen-bond donors (Lipinski definition) is 2. The van der Waals surface area contributed by atoms with Crippen LogP contribution in [0.15, 0.2) is 48.9 Å². The van der Waals surface area contributed by atoms with Crippen LogP contribution in [0.25, 0.3) is 17.0 Å². The van der Waals surface area contributed by atoms with Gasteiger partial charge in [-0.05, 0) is 43.7 Å². The van der Waals surface area contributed by atoms with E-state index in [0.29, 0.717) is 35.5 Å². The molecule has 37 heavy (non-hydrogen) atoms. The van der Waals surface area contributed by atoms with Crippen molar-refractivity contribution < 1.29 is 9.53 Å². The Morgan fingerprint density at radius 2 is 1.92 bits per heavy atom. The number of amides is 1. The van der Waals surface area contributed by atoms with Gasteiger partial charge in [0.25, 0.3) is 0 Å². The summed E-state index contributed by atoms with van der Waals surface area (Å²) in [6.45, 7) is 6.45. The lowest BCUT2D eigenvalue weighted by molar-refractivity contribution is -0.132. The molecule has 1 aliphatic heterocycles. The number of carbonyl (C=O) groups is 1. The van der Waals surface area contributed by atoms with Crippen molar-refractivity contribution >= 4 is 40.5 Å². The molecule has 4 aromatic rings. The molecule has 3 aromatic heterocycles. The summed E-state index contributed by atoms with van der Waals surface area (Å²) >= 11 is 6.48. The molecule has 1 fully saturated rings. The molecule has 192 valence electrons. The van der Waals surface area contributed by atoms with Crippen molar-refractivity contribution in [3.63, 3.8) is 0 Å². The van der Waals surface area contributed by atoms with Gasteiger partial charge in [-0.3, -0.25) is 9.20 Å². The van der Waals surface area contributed by atoms with Crippen LogP contribution in [0, 0.1) is 6.92 Å². The molecule has 0 aliphatic carbocycles. The van der Waals surface area contributed by atoms with Gasteiger partial charge >= 0.3 is 0 Å². The topological polar surface area (TPSA) is 114 Å². The number of imidazole rings is 1. The number of ether oxygens (including phenoxy) is 1. The van der Waals surface area contributed by atoms with Crippen molar-refractivity contribution in [2.24, 2.45) is 5.73 Å². The van der Waals surface area contributed by atoms with Gasteiger partial charge in [-0.1, -0.05) is 11.6 Å². The van der Waals surface area contributed by atoms with Crippen molar-refractivity contribution in [1.82, 2.24) is 24.3 Å². The molecule has 3 N–H and O–H groups in total. The maximum atomic E-state index is 12.2. The van der Waals surface area contributed by atoms with Crippen LogP contribution in [-0.2, 0) is 4.79 Å². The standard InChI is InChI=1S/C26H29ClN8O2/c1-16-6-7-35-21(15-29-23(35)12-16)24-19(27)14-30-26(32-24)31-20-5-4-18(13-22(20)37-3)33-8-10-34(11-9-33)25(36)17(2)28/h4-7,12-15,17H,8-11,28H2,1-3H3,(H,30,31,32)/t17-/m0/s1. The van der Waals surface area contributed by atoms with E-state index in [0.717, 1.165) is 41.4 Å². The third-order valence-electron chi connectivity index (χ3n) is 6.43. The van der Waals surface area contributed by atoms with E-state index < -0.39 is 6.04 Å². The molecule has 1 aliphatic rings. The lowest BCUT2D eigenvalue weighted by Crippen LogP contribution is -2.52. The second-order valence-electron chi connectivity index (χ2n) is 9.08. The lowest BCUT2D eigenvalue weighted by Gasteiger charge is -2.37. The molecule has 0 bridgehead atoms. The highest BCUT2D eigenvalue weighted by Gasteiger charge is 2.24. The summed E-state index contributed by atoms with van der Waals surface area (Å²) < 4.78 is 7.62. The molecule has 11 heteroatoms. The van der Waals surface area contributed by atoms with Crippen molar-refractivity contribution in [3.8, 4) is 17.1 Å². The number of fused-ring (bicyclic) bond motifs is 1. The van der Waals surface area contributed by atoms with Gasteiger partial charge < -0.3 is 25.6 Å². The third-order valence-corrected chi connectivity index (χ3v) is 6.71. The molecule has 10 nitrogen and oxygen atoms in total. The predicted octanol–water partition coefficient (Wildman–Crippen LogP) is 3.50. The molecule has 1 atom stereocenters. The maximum absolute atomic E-state index is 12.2. The minimum atomic E-state index is -0.482. The summed E-state index contributed by atoms with van der Waals surface area (Å²) in [5.74, 6) is 1.02. The van der Waals surface area contributed by atoms with E-state index in [2.05, 4.69) is 25.2 Å². The second-order valence-corrected chi connectivity index (χ2v) is 9.48. The van der Waals surface area contributed by atoms with Crippen LogP contribution in [-0.4, -0.2) is 69.5 Å². The van der Waals surface area contributed by atoms with E-state index in [1.54, 1.807) is 26.4 Å². The first-order chi connectivity index (χ1) is 17.8. The number of pyridine rings is 1. The van der Waals surface area contributed by atoms with Crippen LogP contribution < -0.4 is 20.7 Å². The Bertz CT molecular complexity index is 1450. The average Bonchev–Trinajstić information content (AvgIpc) is 3.32. The molecule has 4 heterocycles. The smallest absolute Gasteiger partial charge is 0.239 e. The number of piperazine rings is 1. The average molecular weight is 521 g/mol. The highest BCUT2D eigenvalue weighted by molar-refractivity contribution is 6.32. The largest absolute Gasteiger partial charge is 0.494 e. The zero-order chi connectivity index (χ0) is 26.1. The van der Waals surface area contributed by atoms with Crippen LogP contribution in [0.5, 0.6) is 5.75 Å². The van der Waals surface area contributed by atoms with Crippen molar-refractivity contribution in [3.05, 3.63) is 59.5 Å². The maximum Gasteiger partial charge on any atom is 0.239 e. The lowest BCUT2D eigenvalue weighted by atomic mass is 10.2. The molecule has 0 saturated carbocycles. The summed E-state index contributed by atoms with van der Waals surface area (Å²) in [5, 5.41) is 3.68. The number of halogens is 1. The highest BCUT2D eigenvalue weighted by Crippen LogP contribution is 2.33. The van der Waals surface area contributed by atoms with E-state index in [-0.39, 0.29) is 5.91 Å². The summed E-state index contributed by atoms with van der Waals surface area (Å²) in [6.07, 6.45) is 5.28. The Balaban J connectivity index is 1.36. The third kappa shape index (κ3) is 5.03. The van der Waals surface area contributed by atoms with Crippen molar-refractivity contribution in [1.29, 1.82) is 0 Å². The van der Waals surface area contributed by atoms with Crippen molar-refractivity contribution in [2.75, 3.05) is 43.5 Å². The van der Waals surface area contributed by atoms with E-state index in [9.17, 15) is 4.79 Å². The first-order valence-corrected chi connectivity index (χ1v) is 12.4. The first-order valence-electron chi connectivity index (χ1n) is 12.0. The second kappa shape index (κ2) is 10.2. The predicted molar refractivity (Wildman–Crippen MR) is 145 cm³/mol. The van der Waals surface area contributed by atoms with Gasteiger partial charge in [-0.15, -0.1) is 0 Å². The van der Waals surface area contributed by atoms with Gasteiger partial charge in [-0.25, -0.2) is 15.0 Å². The Morgan fingerprint density at radius 1 is 1.14 bits per heavy atom. The Morgan fingerprint density at radius 3 is 2.65 bits per heavy atom. The molecular weight excluding hydrogens is 492 g/mol. The van der Waals surface area contributed by atoms with E-state index >= 15 is 0 Å². The minimum Gasteiger partial charge on any atom is -0.494 e. The number of carbonyl (C=O) groups excluding carboxylic acids is 1. The van der Waals surface area contributed by atoms with Gasteiger partial charge in [0.05, 0.1) is 41.9 Å². The fourth-order valence-electron chi connectivity index (χ4n) is 4.44. The fraction of sp³-hybridized carbons (Fsp3) is 0.308. The fourth-order valence-corrected chi connectivity index (χ4v) is 4.63. The molecular formula is C26H29ClN8O2. The van der Waals surface area contributed by atoms with Gasteiger partial charge in [0, 0.05) is 44.1 Å². The summed E-state index contributed by atoms with van der Waals surface area (Å²) in [5.41, 5.74) is 10.8. The first kappa shape index (κ1) is 24.8. The number of nitrogens with one attached hydrogen (secondary N) is 1. The number of aromatic nitrogens is 4. The van der Waals surface area contributed by atoms with E-state index in [4.69, 9.17) is 22.1 Å².